The Labute approximate surface area is 385 Å². The molecule has 0 aromatic rings. The van der Waals surface area contributed by atoms with Gasteiger partial charge in [0.05, 0.1) is 39.3 Å². The lowest BCUT2D eigenvalue weighted by atomic mass is 10.2. The molecule has 5 N–H and O–H groups in total. The number of rotatable bonds is 26. The van der Waals surface area contributed by atoms with Crippen molar-refractivity contribution in [3.8, 4) is 0 Å². The molecule has 0 aromatic heterocycles. The highest BCUT2D eigenvalue weighted by Crippen LogP contribution is 2.17. The smallest absolute Gasteiger partial charge is 0.333 e. The maximum absolute atomic E-state index is 11.9. The number of amides is 1. The van der Waals surface area contributed by atoms with E-state index in [4.69, 9.17) is 45.7 Å². The standard InChI is InChI=1S/C16H35NO6Si3.C16H34O7Si3.2C3H10OSi/c1-14(13-15(19)17-9-10-18)16(20)21-11-8-12-24(22-25(2,3)4)23-26(5,6)7;1-14(13-15(18)20-11-9-17)16(19)21-10-8-12-24(22-25(2,3)4)23-26(5,6)7;2*1-5(2,3)4/h18,24H,1,8-13H2,2-7H3,(H,17,19);17,24H,1,8-13H2,2-7H3;2*4H,1-3H3. The monoisotopic (exact) mass is 1020 g/mol. The van der Waals surface area contributed by atoms with E-state index >= 15 is 0 Å². The number of esters is 3. The number of carbonyl (C=O) groups excluding carboxylic acids is 4. The Morgan fingerprint density at radius 3 is 1.08 bits per heavy atom. The van der Waals surface area contributed by atoms with E-state index < -0.39 is 86.4 Å². The van der Waals surface area contributed by atoms with E-state index in [1.165, 1.54) is 0 Å². The minimum atomic E-state index is -1.80. The second-order valence-corrected chi connectivity index (χ2v) is 52.5. The summed E-state index contributed by atoms with van der Waals surface area (Å²) >= 11 is 0. The molecule has 16 nitrogen and oxygen atoms in total. The van der Waals surface area contributed by atoms with Crippen molar-refractivity contribution < 1.29 is 69.7 Å². The van der Waals surface area contributed by atoms with Gasteiger partial charge in [-0.15, -0.1) is 0 Å². The van der Waals surface area contributed by atoms with Gasteiger partial charge in [0.25, 0.3) is 0 Å². The first-order chi connectivity index (χ1) is 27.7. The molecule has 24 heteroatoms. The van der Waals surface area contributed by atoms with Crippen LogP contribution in [-0.2, 0) is 49.8 Å². The van der Waals surface area contributed by atoms with Crippen molar-refractivity contribution in [2.45, 2.75) is 156 Å². The molecule has 0 spiro atoms. The molecule has 0 aliphatic heterocycles. The largest absolute Gasteiger partial charge is 0.463 e. The molecule has 0 aliphatic carbocycles. The molecular formula is C38H89NO15Si8. The van der Waals surface area contributed by atoms with Crippen LogP contribution in [0.3, 0.4) is 0 Å². The van der Waals surface area contributed by atoms with Crippen LogP contribution < -0.4 is 5.32 Å². The Bertz CT molecular complexity index is 1160. The Morgan fingerprint density at radius 2 is 0.806 bits per heavy atom. The Kier molecular flexibility index (Phi) is 36.2. The van der Waals surface area contributed by atoms with E-state index in [9.17, 15) is 19.2 Å². The van der Waals surface area contributed by atoms with E-state index in [1.807, 2.05) is 39.3 Å². The minimum Gasteiger partial charge on any atom is -0.463 e. The fraction of sp³-hybridized carbons (Fsp3) is 0.789. The van der Waals surface area contributed by atoms with Gasteiger partial charge in [0, 0.05) is 17.7 Å². The molecule has 368 valence electrons. The van der Waals surface area contributed by atoms with Gasteiger partial charge in [-0.1, -0.05) is 13.2 Å². The Hall–Kier alpha value is -1.22. The van der Waals surface area contributed by atoms with E-state index in [0.29, 0.717) is 12.8 Å². The fourth-order valence-electron chi connectivity index (χ4n) is 3.88. The van der Waals surface area contributed by atoms with Crippen LogP contribution in [-0.4, -0.2) is 152 Å². The first kappa shape index (κ1) is 67.4. The van der Waals surface area contributed by atoms with Gasteiger partial charge in [-0.2, -0.15) is 0 Å². The van der Waals surface area contributed by atoms with E-state index in [1.54, 1.807) is 0 Å². The van der Waals surface area contributed by atoms with Gasteiger partial charge >= 0.3 is 36.5 Å². The van der Waals surface area contributed by atoms with E-state index in [2.05, 4.69) is 102 Å². The van der Waals surface area contributed by atoms with E-state index in [-0.39, 0.29) is 69.5 Å². The normalized spacial score (nSPS) is 12.1. The summed E-state index contributed by atoms with van der Waals surface area (Å²) < 4.78 is 39.9. The summed E-state index contributed by atoms with van der Waals surface area (Å²) in [7, 11) is -13.5. The van der Waals surface area contributed by atoms with Crippen molar-refractivity contribution in [1.29, 1.82) is 0 Å². The fourth-order valence-corrected chi connectivity index (χ4v) is 20.6. The van der Waals surface area contributed by atoms with Gasteiger partial charge in [-0.05, 0) is 143 Å². The molecule has 0 heterocycles. The number of aliphatic hydroxyl groups is 2. The van der Waals surface area contributed by atoms with Crippen molar-refractivity contribution >= 4 is 92.3 Å². The molecule has 0 atom stereocenters. The van der Waals surface area contributed by atoms with Crippen LogP contribution in [0.4, 0.5) is 0 Å². The second kappa shape index (κ2) is 33.3. The van der Waals surface area contributed by atoms with Gasteiger partial charge < -0.3 is 55.8 Å². The average molecular weight is 1020 g/mol. The lowest BCUT2D eigenvalue weighted by Crippen LogP contribution is -2.43. The molecule has 0 saturated carbocycles. The first-order valence-corrected chi connectivity index (χ1v) is 45.2. The van der Waals surface area contributed by atoms with Crippen LogP contribution in [0.2, 0.25) is 130 Å². The summed E-state index contributed by atoms with van der Waals surface area (Å²) in [4.78, 5) is 63.9. The predicted octanol–water partition coefficient (Wildman–Crippen LogP) is 5.85. The lowest BCUT2D eigenvalue weighted by Gasteiger charge is -2.30. The lowest BCUT2D eigenvalue weighted by molar-refractivity contribution is -0.147. The number of hydrogen-bond donors (Lipinski definition) is 5. The SMILES string of the molecule is C=C(CC(=O)NCCO)C(=O)OCCC[SiH](O[Si](C)(C)C)O[Si](C)(C)C.C=C(CC(=O)OCCO)C(=O)OCCC[SiH](O[Si](C)(C)C)O[Si](C)(C)C.C[Si](C)(C)O.C[Si](C)(C)O. The van der Waals surface area contributed by atoms with Crippen molar-refractivity contribution in [2.75, 3.05) is 39.6 Å². The van der Waals surface area contributed by atoms with Gasteiger partial charge in [0.2, 0.25) is 5.91 Å². The highest BCUT2D eigenvalue weighted by atomic mass is 28.5. The third-order valence-corrected chi connectivity index (χ3v) is 23.0. The molecular weight excluding hydrogens is 935 g/mol. The molecule has 0 bridgehead atoms. The molecule has 0 aromatic carbocycles. The second-order valence-electron chi connectivity index (χ2n) is 20.3. The summed E-state index contributed by atoms with van der Waals surface area (Å²) in [5, 5.41) is 19.7. The zero-order valence-corrected chi connectivity index (χ0v) is 50.1. The van der Waals surface area contributed by atoms with Crippen LogP contribution in [0.1, 0.15) is 25.7 Å². The molecule has 0 unspecified atom stereocenters. The topological polar surface area (TPSA) is 226 Å². The molecule has 62 heavy (non-hydrogen) atoms. The highest BCUT2D eigenvalue weighted by molar-refractivity contribution is 6.81. The maximum atomic E-state index is 11.9. The van der Waals surface area contributed by atoms with Crippen LogP contribution in [0, 0.1) is 0 Å². The number of aliphatic hydroxyl groups excluding tert-OH is 2. The van der Waals surface area contributed by atoms with Crippen molar-refractivity contribution in [3.63, 3.8) is 0 Å². The zero-order chi connectivity index (χ0) is 49.8. The van der Waals surface area contributed by atoms with Gasteiger partial charge in [-0.3, -0.25) is 9.59 Å². The van der Waals surface area contributed by atoms with Gasteiger partial charge in [0.1, 0.15) is 6.61 Å². The maximum Gasteiger partial charge on any atom is 0.333 e. The first-order valence-electron chi connectivity index (χ1n) is 21.2. The van der Waals surface area contributed by atoms with Crippen molar-refractivity contribution in [2.24, 2.45) is 0 Å². The number of nitrogens with one attached hydrogen (secondary N) is 1. The van der Waals surface area contributed by atoms with Crippen LogP contribution in [0.15, 0.2) is 24.3 Å². The summed E-state index contributed by atoms with van der Waals surface area (Å²) in [6.07, 6.45) is 0.947. The van der Waals surface area contributed by atoms with Crippen molar-refractivity contribution in [1.82, 2.24) is 5.32 Å². The third-order valence-electron chi connectivity index (χ3n) is 5.67. The quantitative estimate of drug-likeness (QED) is 0.0225. The average Bonchev–Trinajstić information content (AvgIpc) is 3.02. The summed E-state index contributed by atoms with van der Waals surface area (Å²) in [6.45, 7) is 44.3. The number of ether oxygens (including phenoxy) is 3. The molecule has 0 radical (unpaired) electrons. The predicted molar refractivity (Wildman–Crippen MR) is 270 cm³/mol. The van der Waals surface area contributed by atoms with Crippen LogP contribution in [0.25, 0.3) is 0 Å². The van der Waals surface area contributed by atoms with Crippen molar-refractivity contribution in [3.05, 3.63) is 24.3 Å². The van der Waals surface area contributed by atoms with E-state index in [0.717, 1.165) is 12.1 Å². The summed E-state index contributed by atoms with van der Waals surface area (Å²) in [5.41, 5.74) is 0.143. The van der Waals surface area contributed by atoms with Crippen LogP contribution in [0.5, 0.6) is 0 Å². The molecule has 0 rings (SSSR count). The molecule has 1 amide bonds. The summed E-state index contributed by atoms with van der Waals surface area (Å²) in [5.74, 6) is -2.15. The van der Waals surface area contributed by atoms with Crippen LogP contribution >= 0.6 is 0 Å². The highest BCUT2D eigenvalue weighted by Gasteiger charge is 2.30. The third kappa shape index (κ3) is 60.9. The Balaban J connectivity index is -0.000000443. The number of hydrogen-bond acceptors (Lipinski definition) is 15. The molecule has 0 aliphatic rings. The minimum absolute atomic E-state index is 0.0402. The van der Waals surface area contributed by atoms with Gasteiger partial charge in [0.15, 0.2) is 49.9 Å². The summed E-state index contributed by atoms with van der Waals surface area (Å²) in [6, 6.07) is 1.55. The van der Waals surface area contributed by atoms with Gasteiger partial charge in [-0.25, -0.2) is 9.59 Å². The Morgan fingerprint density at radius 1 is 0.500 bits per heavy atom. The number of carbonyl (C=O) groups is 4. The zero-order valence-electron chi connectivity index (χ0n) is 41.8. The molecule has 0 fully saturated rings. The molecule has 0 saturated heterocycles.